The second-order valence-corrected chi connectivity index (χ2v) is 5.58. The minimum absolute atomic E-state index is 0.0501. The van der Waals surface area contributed by atoms with Gasteiger partial charge < -0.3 is 4.90 Å². The molecule has 1 fully saturated rings. The largest absolute Gasteiger partial charge is 0.337 e. The summed E-state index contributed by atoms with van der Waals surface area (Å²) in [6, 6.07) is 0.0586. The van der Waals surface area contributed by atoms with Gasteiger partial charge in [-0.05, 0) is 13.8 Å². The average molecular weight is 224 g/mol. The first-order chi connectivity index (χ1) is 6.02. The van der Waals surface area contributed by atoms with Crippen LogP contribution in [0.25, 0.3) is 0 Å². The summed E-state index contributed by atoms with van der Waals surface area (Å²) in [6.07, 6.45) is 0. The summed E-state index contributed by atoms with van der Waals surface area (Å²) in [5.74, 6) is 1.11. The SMILES string of the molecule is CC(Cl)C(=O)N1CCS(=O)CC1C. The fourth-order valence-electron chi connectivity index (χ4n) is 1.42. The van der Waals surface area contributed by atoms with Gasteiger partial charge >= 0.3 is 0 Å². The van der Waals surface area contributed by atoms with Crippen LogP contribution in [0.4, 0.5) is 0 Å². The lowest BCUT2D eigenvalue weighted by molar-refractivity contribution is -0.131. The van der Waals surface area contributed by atoms with Crippen LogP contribution in [0.1, 0.15) is 13.8 Å². The lowest BCUT2D eigenvalue weighted by atomic mass is 10.2. The van der Waals surface area contributed by atoms with Gasteiger partial charge in [-0.25, -0.2) is 0 Å². The van der Waals surface area contributed by atoms with E-state index in [2.05, 4.69) is 0 Å². The number of alkyl halides is 1. The van der Waals surface area contributed by atoms with E-state index >= 15 is 0 Å². The van der Waals surface area contributed by atoms with E-state index in [9.17, 15) is 9.00 Å². The molecule has 0 aromatic rings. The van der Waals surface area contributed by atoms with Crippen LogP contribution in [0.5, 0.6) is 0 Å². The molecule has 1 aliphatic heterocycles. The quantitative estimate of drug-likeness (QED) is 0.611. The first-order valence-electron chi connectivity index (χ1n) is 4.32. The van der Waals surface area contributed by atoms with Gasteiger partial charge in [0.05, 0.1) is 0 Å². The Morgan fingerprint density at radius 1 is 1.69 bits per heavy atom. The highest BCUT2D eigenvalue weighted by molar-refractivity contribution is 7.85. The lowest BCUT2D eigenvalue weighted by Gasteiger charge is -2.33. The zero-order valence-corrected chi connectivity index (χ0v) is 9.40. The van der Waals surface area contributed by atoms with E-state index < -0.39 is 16.2 Å². The molecule has 0 bridgehead atoms. The van der Waals surface area contributed by atoms with Crippen molar-refractivity contribution in [1.29, 1.82) is 0 Å². The number of carbonyl (C=O) groups excluding carboxylic acids is 1. The molecular weight excluding hydrogens is 210 g/mol. The molecule has 1 saturated heterocycles. The van der Waals surface area contributed by atoms with E-state index in [0.717, 1.165) is 0 Å². The Hall–Kier alpha value is -0.0900. The maximum atomic E-state index is 11.5. The van der Waals surface area contributed by atoms with Crippen molar-refractivity contribution in [1.82, 2.24) is 4.90 Å². The Kier molecular flexibility index (Phi) is 3.74. The number of amides is 1. The first kappa shape index (κ1) is 11.0. The van der Waals surface area contributed by atoms with Crippen LogP contribution in [-0.2, 0) is 15.6 Å². The molecule has 0 aromatic carbocycles. The molecule has 1 heterocycles. The van der Waals surface area contributed by atoms with E-state index in [0.29, 0.717) is 18.1 Å². The molecule has 3 nitrogen and oxygen atoms in total. The van der Waals surface area contributed by atoms with Gasteiger partial charge in [0.15, 0.2) is 0 Å². The van der Waals surface area contributed by atoms with Gasteiger partial charge in [-0.15, -0.1) is 11.6 Å². The monoisotopic (exact) mass is 223 g/mol. The van der Waals surface area contributed by atoms with Gasteiger partial charge in [-0.1, -0.05) is 0 Å². The highest BCUT2D eigenvalue weighted by atomic mass is 35.5. The Morgan fingerprint density at radius 2 is 2.31 bits per heavy atom. The molecular formula is C8H14ClNO2S. The fraction of sp³-hybridized carbons (Fsp3) is 0.875. The summed E-state index contributed by atoms with van der Waals surface area (Å²) >= 11 is 5.70. The highest BCUT2D eigenvalue weighted by Crippen LogP contribution is 2.12. The molecule has 0 N–H and O–H groups in total. The number of hydrogen-bond acceptors (Lipinski definition) is 2. The van der Waals surface area contributed by atoms with Crippen LogP contribution >= 0.6 is 11.6 Å². The lowest BCUT2D eigenvalue weighted by Crippen LogP contribution is -2.50. The van der Waals surface area contributed by atoms with Crippen molar-refractivity contribution in [2.75, 3.05) is 18.1 Å². The Labute approximate surface area is 85.9 Å². The van der Waals surface area contributed by atoms with Crippen LogP contribution < -0.4 is 0 Å². The van der Waals surface area contributed by atoms with E-state index in [1.165, 1.54) is 0 Å². The zero-order valence-electron chi connectivity index (χ0n) is 7.83. The fourth-order valence-corrected chi connectivity index (χ4v) is 2.83. The van der Waals surface area contributed by atoms with Crippen LogP contribution in [0.15, 0.2) is 0 Å². The molecule has 0 saturated carbocycles. The number of hydrogen-bond donors (Lipinski definition) is 0. The normalized spacial score (nSPS) is 31.5. The van der Waals surface area contributed by atoms with Gasteiger partial charge in [0.25, 0.3) is 0 Å². The Morgan fingerprint density at radius 3 is 2.77 bits per heavy atom. The molecule has 0 aliphatic carbocycles. The molecule has 0 spiro atoms. The average Bonchev–Trinajstić information content (AvgIpc) is 2.03. The van der Waals surface area contributed by atoms with Crippen molar-refractivity contribution in [3.63, 3.8) is 0 Å². The van der Waals surface area contributed by atoms with Crippen LogP contribution in [-0.4, -0.2) is 44.5 Å². The first-order valence-corrected chi connectivity index (χ1v) is 6.24. The Bertz CT molecular complexity index is 232. The van der Waals surface area contributed by atoms with Gasteiger partial charge in [0.1, 0.15) is 5.38 Å². The van der Waals surface area contributed by atoms with Crippen molar-refractivity contribution in [3.8, 4) is 0 Å². The highest BCUT2D eigenvalue weighted by Gasteiger charge is 2.28. The minimum Gasteiger partial charge on any atom is -0.337 e. The zero-order chi connectivity index (χ0) is 10.0. The van der Waals surface area contributed by atoms with Crippen molar-refractivity contribution >= 4 is 28.3 Å². The number of rotatable bonds is 1. The summed E-state index contributed by atoms with van der Waals surface area (Å²) in [7, 11) is -0.758. The number of halogens is 1. The van der Waals surface area contributed by atoms with E-state index in [1.54, 1.807) is 11.8 Å². The Balaban J connectivity index is 2.61. The maximum Gasteiger partial charge on any atom is 0.240 e. The summed E-state index contributed by atoms with van der Waals surface area (Å²) < 4.78 is 11.2. The van der Waals surface area contributed by atoms with E-state index in [1.807, 2.05) is 6.92 Å². The molecule has 0 aromatic heterocycles. The molecule has 1 rings (SSSR count). The predicted octanol–water partition coefficient (Wildman–Crippen LogP) is 0.593. The summed E-state index contributed by atoms with van der Waals surface area (Å²) in [5.41, 5.74) is 0. The van der Waals surface area contributed by atoms with Crippen LogP contribution in [0, 0.1) is 0 Å². The third-order valence-corrected chi connectivity index (χ3v) is 3.82. The second-order valence-electron chi connectivity index (χ2n) is 3.31. The molecule has 5 heteroatoms. The standard InChI is InChI=1S/C8H14ClNO2S/c1-6-5-13(12)4-3-10(6)8(11)7(2)9/h6-7H,3-5H2,1-2H3. The molecule has 76 valence electrons. The predicted molar refractivity (Wildman–Crippen MR) is 54.4 cm³/mol. The molecule has 3 atom stereocenters. The third kappa shape index (κ3) is 2.68. The van der Waals surface area contributed by atoms with E-state index in [4.69, 9.17) is 11.6 Å². The van der Waals surface area contributed by atoms with Gasteiger partial charge in [-0.3, -0.25) is 9.00 Å². The molecule has 0 radical (unpaired) electrons. The van der Waals surface area contributed by atoms with Crippen LogP contribution in [0.2, 0.25) is 0 Å². The van der Waals surface area contributed by atoms with Crippen molar-refractivity contribution < 1.29 is 9.00 Å². The number of nitrogens with zero attached hydrogens (tertiary/aromatic N) is 1. The topological polar surface area (TPSA) is 37.4 Å². The number of carbonyl (C=O) groups is 1. The van der Waals surface area contributed by atoms with Gasteiger partial charge in [0, 0.05) is 34.9 Å². The summed E-state index contributed by atoms with van der Waals surface area (Å²) in [4.78, 5) is 13.2. The van der Waals surface area contributed by atoms with E-state index in [-0.39, 0.29) is 11.9 Å². The maximum absolute atomic E-state index is 11.5. The molecule has 1 amide bonds. The van der Waals surface area contributed by atoms with Crippen molar-refractivity contribution in [2.45, 2.75) is 25.3 Å². The summed E-state index contributed by atoms with van der Waals surface area (Å²) in [5, 5.41) is -0.478. The molecule has 3 unspecified atom stereocenters. The van der Waals surface area contributed by atoms with Crippen molar-refractivity contribution in [2.24, 2.45) is 0 Å². The molecule has 13 heavy (non-hydrogen) atoms. The van der Waals surface area contributed by atoms with Gasteiger partial charge in [-0.2, -0.15) is 0 Å². The van der Waals surface area contributed by atoms with Gasteiger partial charge in [0.2, 0.25) is 5.91 Å². The minimum atomic E-state index is -0.758. The third-order valence-electron chi connectivity index (χ3n) is 2.14. The second kappa shape index (κ2) is 4.42. The summed E-state index contributed by atoms with van der Waals surface area (Å²) in [6.45, 7) is 4.15. The van der Waals surface area contributed by atoms with Crippen molar-refractivity contribution in [3.05, 3.63) is 0 Å². The molecule has 1 aliphatic rings. The smallest absolute Gasteiger partial charge is 0.240 e. The van der Waals surface area contributed by atoms with Crippen LogP contribution in [0.3, 0.4) is 0 Å².